The highest BCUT2D eigenvalue weighted by Gasteiger charge is 2.39. The molecule has 1 aromatic carbocycles. The van der Waals surface area contributed by atoms with Gasteiger partial charge in [0.2, 0.25) is 0 Å². The van der Waals surface area contributed by atoms with Gasteiger partial charge in [-0.3, -0.25) is 9.59 Å². The minimum Gasteiger partial charge on any atom is -0.481 e. The molecule has 3 rings (SSSR count). The Morgan fingerprint density at radius 2 is 2.14 bits per heavy atom. The highest BCUT2D eigenvalue weighted by molar-refractivity contribution is 6.05. The highest BCUT2D eigenvalue weighted by atomic mass is 16.4. The van der Waals surface area contributed by atoms with Crippen LogP contribution in [-0.2, 0) is 4.79 Å². The Balaban J connectivity index is 1.92. The summed E-state index contributed by atoms with van der Waals surface area (Å²) in [6.45, 7) is 2.58. The molecule has 5 nitrogen and oxygen atoms in total. The van der Waals surface area contributed by atoms with Crippen molar-refractivity contribution < 1.29 is 14.7 Å². The molecule has 110 valence electrons. The van der Waals surface area contributed by atoms with Gasteiger partial charge in [0.1, 0.15) is 0 Å². The topological polar surface area (TPSA) is 73.4 Å². The molecule has 0 bridgehead atoms. The van der Waals surface area contributed by atoms with Crippen LogP contribution in [0.2, 0.25) is 0 Å². The standard InChI is InChI=1S/C16H18N2O3/c1-16(15(20)21)7-3-9-18(10-16)14(19)12-5-2-4-11-6-8-17-13(11)12/h2,4-6,8,17H,3,7,9-10H2,1H3,(H,20,21). The monoisotopic (exact) mass is 286 g/mol. The van der Waals surface area contributed by atoms with E-state index in [0.717, 1.165) is 17.3 Å². The Kier molecular flexibility index (Phi) is 3.20. The maximum absolute atomic E-state index is 12.7. The molecule has 0 saturated carbocycles. The lowest BCUT2D eigenvalue weighted by molar-refractivity contribution is -0.150. The molecule has 1 aromatic heterocycles. The first-order valence-electron chi connectivity index (χ1n) is 7.10. The summed E-state index contributed by atoms with van der Waals surface area (Å²) in [6.07, 6.45) is 3.13. The fourth-order valence-corrected chi connectivity index (χ4v) is 3.02. The van der Waals surface area contributed by atoms with Gasteiger partial charge in [-0.25, -0.2) is 0 Å². The number of H-pyrrole nitrogens is 1. The van der Waals surface area contributed by atoms with Gasteiger partial charge in [-0.05, 0) is 31.9 Å². The molecule has 1 aliphatic rings. The molecule has 5 heteroatoms. The van der Waals surface area contributed by atoms with E-state index in [0.29, 0.717) is 18.5 Å². The first-order chi connectivity index (χ1) is 10.0. The molecule has 0 aliphatic carbocycles. The molecule has 1 atom stereocenters. The summed E-state index contributed by atoms with van der Waals surface area (Å²) >= 11 is 0. The van der Waals surface area contributed by atoms with Crippen molar-refractivity contribution in [2.24, 2.45) is 5.41 Å². The maximum atomic E-state index is 12.7. The number of rotatable bonds is 2. The molecule has 0 radical (unpaired) electrons. The smallest absolute Gasteiger partial charge is 0.311 e. The first kappa shape index (κ1) is 13.7. The lowest BCUT2D eigenvalue weighted by Gasteiger charge is -2.37. The number of fused-ring (bicyclic) bond motifs is 1. The molecule has 2 N–H and O–H groups in total. The molecule has 2 heterocycles. The summed E-state index contributed by atoms with van der Waals surface area (Å²) in [7, 11) is 0. The van der Waals surface area contributed by atoms with Gasteiger partial charge < -0.3 is 15.0 Å². The number of piperidine rings is 1. The van der Waals surface area contributed by atoms with E-state index < -0.39 is 11.4 Å². The Morgan fingerprint density at radius 3 is 2.90 bits per heavy atom. The van der Waals surface area contributed by atoms with E-state index >= 15 is 0 Å². The van der Waals surface area contributed by atoms with Crippen LogP contribution in [0.15, 0.2) is 30.5 Å². The number of hydrogen-bond donors (Lipinski definition) is 2. The lowest BCUT2D eigenvalue weighted by Crippen LogP contribution is -2.48. The number of aromatic nitrogens is 1. The van der Waals surface area contributed by atoms with Crippen LogP contribution in [0.1, 0.15) is 30.1 Å². The molecule has 1 aliphatic heterocycles. The minimum atomic E-state index is -0.850. The predicted octanol–water partition coefficient (Wildman–Crippen LogP) is 2.49. The van der Waals surface area contributed by atoms with Crippen LogP contribution in [-0.4, -0.2) is 40.0 Å². The van der Waals surface area contributed by atoms with Crippen LogP contribution in [0.3, 0.4) is 0 Å². The van der Waals surface area contributed by atoms with Gasteiger partial charge >= 0.3 is 5.97 Å². The Morgan fingerprint density at radius 1 is 1.33 bits per heavy atom. The van der Waals surface area contributed by atoms with Crippen molar-refractivity contribution in [3.63, 3.8) is 0 Å². The molecule has 1 amide bonds. The first-order valence-corrected chi connectivity index (χ1v) is 7.10. The number of para-hydroxylation sites is 1. The SMILES string of the molecule is CC1(C(=O)O)CCCN(C(=O)c2cccc3cc[nH]c23)C1. The molecular formula is C16H18N2O3. The normalized spacial score (nSPS) is 22.4. The minimum absolute atomic E-state index is 0.102. The van der Waals surface area contributed by atoms with Crippen LogP contribution >= 0.6 is 0 Å². The van der Waals surface area contributed by atoms with E-state index in [1.807, 2.05) is 18.2 Å². The van der Waals surface area contributed by atoms with Crippen LogP contribution in [0, 0.1) is 5.41 Å². The summed E-state index contributed by atoms with van der Waals surface area (Å²) in [5.41, 5.74) is 0.564. The lowest BCUT2D eigenvalue weighted by atomic mass is 9.82. The zero-order valence-corrected chi connectivity index (χ0v) is 11.9. The van der Waals surface area contributed by atoms with Gasteiger partial charge in [-0.2, -0.15) is 0 Å². The number of aliphatic carboxylic acids is 1. The number of hydrogen-bond acceptors (Lipinski definition) is 2. The molecule has 21 heavy (non-hydrogen) atoms. The Labute approximate surface area is 122 Å². The fraction of sp³-hybridized carbons (Fsp3) is 0.375. The van der Waals surface area contributed by atoms with E-state index in [1.165, 1.54) is 0 Å². The van der Waals surface area contributed by atoms with Gasteiger partial charge in [-0.1, -0.05) is 12.1 Å². The molecule has 1 saturated heterocycles. The van der Waals surface area contributed by atoms with Gasteiger partial charge in [0.15, 0.2) is 0 Å². The molecule has 0 spiro atoms. The van der Waals surface area contributed by atoms with E-state index in [9.17, 15) is 14.7 Å². The van der Waals surface area contributed by atoms with Gasteiger partial charge in [0.05, 0.1) is 16.5 Å². The van der Waals surface area contributed by atoms with Crippen molar-refractivity contribution >= 4 is 22.8 Å². The number of carbonyl (C=O) groups is 2. The number of nitrogens with zero attached hydrogens (tertiary/aromatic N) is 1. The van der Waals surface area contributed by atoms with Crippen molar-refractivity contribution in [1.82, 2.24) is 9.88 Å². The largest absolute Gasteiger partial charge is 0.481 e. The summed E-state index contributed by atoms with van der Waals surface area (Å²) < 4.78 is 0. The molecule has 1 fully saturated rings. The average molecular weight is 286 g/mol. The fourth-order valence-electron chi connectivity index (χ4n) is 3.02. The number of carboxylic acids is 1. The summed E-state index contributed by atoms with van der Waals surface area (Å²) in [6, 6.07) is 7.50. The van der Waals surface area contributed by atoms with Crippen molar-refractivity contribution in [2.45, 2.75) is 19.8 Å². The average Bonchev–Trinajstić information content (AvgIpc) is 2.94. The number of carboxylic acid groups (broad SMARTS) is 1. The van der Waals surface area contributed by atoms with Crippen molar-refractivity contribution in [2.75, 3.05) is 13.1 Å². The second-order valence-electron chi connectivity index (χ2n) is 5.94. The third-order valence-corrected chi connectivity index (χ3v) is 4.32. The Hall–Kier alpha value is -2.30. The number of carbonyl (C=O) groups excluding carboxylic acids is 1. The predicted molar refractivity (Wildman–Crippen MR) is 79.2 cm³/mol. The summed E-state index contributed by atoms with van der Waals surface area (Å²) in [5, 5.41) is 10.3. The van der Waals surface area contributed by atoms with Crippen molar-refractivity contribution in [1.29, 1.82) is 0 Å². The zero-order valence-electron chi connectivity index (χ0n) is 11.9. The number of nitrogens with one attached hydrogen (secondary N) is 1. The molecule has 2 aromatic rings. The van der Waals surface area contributed by atoms with E-state index in [2.05, 4.69) is 4.98 Å². The van der Waals surface area contributed by atoms with E-state index in [4.69, 9.17) is 0 Å². The molecule has 1 unspecified atom stereocenters. The maximum Gasteiger partial charge on any atom is 0.311 e. The quantitative estimate of drug-likeness (QED) is 0.890. The number of benzene rings is 1. The van der Waals surface area contributed by atoms with Gasteiger partial charge in [-0.15, -0.1) is 0 Å². The summed E-state index contributed by atoms with van der Waals surface area (Å²) in [5.74, 6) is -0.937. The van der Waals surface area contributed by atoms with Crippen molar-refractivity contribution in [3.8, 4) is 0 Å². The summed E-state index contributed by atoms with van der Waals surface area (Å²) in [4.78, 5) is 28.9. The number of amides is 1. The van der Waals surface area contributed by atoms with E-state index in [1.54, 1.807) is 24.1 Å². The van der Waals surface area contributed by atoms with Crippen LogP contribution in [0.5, 0.6) is 0 Å². The number of likely N-dealkylation sites (tertiary alicyclic amines) is 1. The second kappa shape index (κ2) is 4.91. The molecular weight excluding hydrogens is 268 g/mol. The Bertz CT molecular complexity index is 706. The van der Waals surface area contributed by atoms with Gasteiger partial charge in [0.25, 0.3) is 5.91 Å². The van der Waals surface area contributed by atoms with Crippen LogP contribution in [0.25, 0.3) is 10.9 Å². The highest BCUT2D eigenvalue weighted by Crippen LogP contribution is 2.31. The van der Waals surface area contributed by atoms with Crippen LogP contribution < -0.4 is 0 Å². The second-order valence-corrected chi connectivity index (χ2v) is 5.94. The van der Waals surface area contributed by atoms with Crippen LogP contribution in [0.4, 0.5) is 0 Å². The van der Waals surface area contributed by atoms with Crippen molar-refractivity contribution in [3.05, 3.63) is 36.0 Å². The van der Waals surface area contributed by atoms with Gasteiger partial charge in [0, 0.05) is 24.7 Å². The van der Waals surface area contributed by atoms with E-state index in [-0.39, 0.29) is 12.5 Å². The zero-order chi connectivity index (χ0) is 15.0. The number of aromatic amines is 1. The third-order valence-electron chi connectivity index (χ3n) is 4.32. The third kappa shape index (κ3) is 2.28.